The average Bonchev–Trinajstić information content (AvgIpc) is 2.35. The lowest BCUT2D eigenvalue weighted by Gasteiger charge is -2.07. The zero-order chi connectivity index (χ0) is 13.6. The number of nitrogens with zero attached hydrogens (tertiary/aromatic N) is 1. The van der Waals surface area contributed by atoms with Gasteiger partial charge in [-0.15, -0.1) is 0 Å². The van der Waals surface area contributed by atoms with Gasteiger partial charge in [0.25, 0.3) is 0 Å². The first-order valence-electron chi connectivity index (χ1n) is 5.48. The first kappa shape index (κ1) is 11.5. The summed E-state index contributed by atoms with van der Waals surface area (Å²) in [5, 5.41) is 9.61. The van der Waals surface area contributed by atoms with Crippen molar-refractivity contribution in [3.8, 4) is 0 Å². The number of carbonyl (C=O) groups is 1. The van der Waals surface area contributed by atoms with E-state index in [-0.39, 0.29) is 16.3 Å². The topological polar surface area (TPSA) is 50.2 Å². The van der Waals surface area contributed by atoms with Gasteiger partial charge in [0.15, 0.2) is 0 Å². The van der Waals surface area contributed by atoms with Gasteiger partial charge in [0, 0.05) is 10.8 Å². The number of carboxylic acids is 1. The highest BCUT2D eigenvalue weighted by Crippen LogP contribution is 2.27. The number of pyridine rings is 1. The molecular formula is C14H7F2NO2. The molecule has 0 atom stereocenters. The van der Waals surface area contributed by atoms with Crippen molar-refractivity contribution >= 4 is 27.8 Å². The number of aromatic nitrogens is 1. The van der Waals surface area contributed by atoms with Crippen LogP contribution < -0.4 is 0 Å². The predicted octanol–water partition coefficient (Wildman–Crippen LogP) is 3.36. The Bertz CT molecular complexity index is 770. The second-order valence-electron chi connectivity index (χ2n) is 4.11. The normalized spacial score (nSPS) is 11.1. The molecule has 0 unspecified atom stereocenters. The number of benzene rings is 2. The second kappa shape index (κ2) is 3.98. The SMILES string of the molecule is O=C(O)c1c2cc(F)ccc2nc2ccc(F)cc12. The van der Waals surface area contributed by atoms with Crippen LogP contribution in [0.15, 0.2) is 36.4 Å². The van der Waals surface area contributed by atoms with Gasteiger partial charge in [-0.1, -0.05) is 0 Å². The smallest absolute Gasteiger partial charge is 0.337 e. The van der Waals surface area contributed by atoms with E-state index in [9.17, 15) is 18.7 Å². The van der Waals surface area contributed by atoms with Gasteiger partial charge in [0.2, 0.25) is 0 Å². The van der Waals surface area contributed by atoms with Crippen molar-refractivity contribution in [3.63, 3.8) is 0 Å². The Balaban J connectivity index is 2.58. The Hall–Kier alpha value is -2.56. The minimum absolute atomic E-state index is 0.140. The molecule has 94 valence electrons. The highest BCUT2D eigenvalue weighted by molar-refractivity contribution is 6.13. The molecule has 0 saturated heterocycles. The van der Waals surface area contributed by atoms with Crippen LogP contribution in [0.25, 0.3) is 21.8 Å². The maximum atomic E-state index is 13.3. The summed E-state index contributed by atoms with van der Waals surface area (Å²) in [5.74, 6) is -2.37. The molecule has 0 aliphatic carbocycles. The maximum Gasteiger partial charge on any atom is 0.337 e. The molecule has 0 aliphatic heterocycles. The summed E-state index contributed by atoms with van der Waals surface area (Å²) in [6.45, 7) is 0. The van der Waals surface area contributed by atoms with E-state index < -0.39 is 17.6 Å². The Labute approximate surface area is 106 Å². The van der Waals surface area contributed by atoms with E-state index >= 15 is 0 Å². The summed E-state index contributed by atoms with van der Waals surface area (Å²) in [7, 11) is 0. The zero-order valence-corrected chi connectivity index (χ0v) is 9.52. The van der Waals surface area contributed by atoms with Crippen LogP contribution in [0.5, 0.6) is 0 Å². The van der Waals surface area contributed by atoms with Crippen LogP contribution in [0.4, 0.5) is 8.78 Å². The first-order valence-corrected chi connectivity index (χ1v) is 5.48. The summed E-state index contributed by atoms with van der Waals surface area (Å²) in [6, 6.07) is 7.40. The number of rotatable bonds is 1. The lowest BCUT2D eigenvalue weighted by Crippen LogP contribution is -2.01. The van der Waals surface area contributed by atoms with E-state index in [2.05, 4.69) is 4.98 Å². The highest BCUT2D eigenvalue weighted by atomic mass is 19.1. The van der Waals surface area contributed by atoms with Crippen LogP contribution in [-0.4, -0.2) is 16.1 Å². The molecule has 1 heterocycles. The second-order valence-corrected chi connectivity index (χ2v) is 4.11. The van der Waals surface area contributed by atoms with Crippen molar-refractivity contribution in [2.24, 2.45) is 0 Å². The maximum absolute atomic E-state index is 13.3. The van der Waals surface area contributed by atoms with Gasteiger partial charge >= 0.3 is 5.97 Å². The molecule has 0 saturated carbocycles. The van der Waals surface area contributed by atoms with Crippen molar-refractivity contribution in [3.05, 3.63) is 53.6 Å². The Morgan fingerprint density at radius 2 is 1.42 bits per heavy atom. The predicted molar refractivity (Wildman–Crippen MR) is 66.1 cm³/mol. The van der Waals surface area contributed by atoms with E-state index in [0.29, 0.717) is 11.0 Å². The van der Waals surface area contributed by atoms with Gasteiger partial charge in [-0.2, -0.15) is 0 Å². The molecule has 0 aliphatic rings. The molecule has 3 nitrogen and oxygen atoms in total. The van der Waals surface area contributed by atoms with E-state index in [0.717, 1.165) is 12.1 Å². The lowest BCUT2D eigenvalue weighted by atomic mass is 10.0. The molecule has 1 aromatic heterocycles. The number of hydrogen-bond acceptors (Lipinski definition) is 2. The Kier molecular flexibility index (Phi) is 2.41. The fourth-order valence-electron chi connectivity index (χ4n) is 2.12. The molecule has 2 aromatic carbocycles. The minimum Gasteiger partial charge on any atom is -0.478 e. The van der Waals surface area contributed by atoms with Gasteiger partial charge in [0.1, 0.15) is 11.6 Å². The van der Waals surface area contributed by atoms with E-state index in [4.69, 9.17) is 0 Å². The lowest BCUT2D eigenvalue weighted by molar-refractivity contribution is 0.0701. The molecule has 0 fully saturated rings. The van der Waals surface area contributed by atoms with Gasteiger partial charge in [-0.05, 0) is 36.4 Å². The summed E-state index contributed by atoms with van der Waals surface area (Å²) in [6.07, 6.45) is 0. The number of aromatic carboxylic acids is 1. The molecule has 1 N–H and O–H groups in total. The van der Waals surface area contributed by atoms with Crippen LogP contribution in [0.3, 0.4) is 0 Å². The standard InChI is InChI=1S/C14H7F2NO2/c15-7-1-3-11-9(5-7)13(14(18)19)10-6-8(16)2-4-12(10)17-11/h1-6H,(H,18,19). The van der Waals surface area contributed by atoms with Crippen molar-refractivity contribution in [2.45, 2.75) is 0 Å². The monoisotopic (exact) mass is 259 g/mol. The summed E-state index contributed by atoms with van der Waals surface area (Å²) in [4.78, 5) is 15.6. The molecule has 0 bridgehead atoms. The fraction of sp³-hybridized carbons (Fsp3) is 0. The molecule has 19 heavy (non-hydrogen) atoms. The van der Waals surface area contributed by atoms with Crippen LogP contribution in [-0.2, 0) is 0 Å². The molecule has 0 radical (unpaired) electrons. The van der Waals surface area contributed by atoms with Crippen molar-refractivity contribution in [2.75, 3.05) is 0 Å². The number of carboxylic acid groups (broad SMARTS) is 1. The van der Waals surface area contributed by atoms with Gasteiger partial charge in [0.05, 0.1) is 16.6 Å². The van der Waals surface area contributed by atoms with Gasteiger partial charge in [-0.25, -0.2) is 18.6 Å². The average molecular weight is 259 g/mol. The summed E-state index contributed by atoms with van der Waals surface area (Å²) >= 11 is 0. The summed E-state index contributed by atoms with van der Waals surface area (Å²) < 4.78 is 26.5. The van der Waals surface area contributed by atoms with Crippen molar-refractivity contribution < 1.29 is 18.7 Å². The minimum atomic E-state index is -1.24. The number of halogens is 2. The zero-order valence-electron chi connectivity index (χ0n) is 9.52. The van der Waals surface area contributed by atoms with Crippen LogP contribution >= 0.6 is 0 Å². The molecule has 5 heteroatoms. The Morgan fingerprint density at radius 3 is 1.84 bits per heavy atom. The van der Waals surface area contributed by atoms with E-state index in [1.165, 1.54) is 24.3 Å². The third kappa shape index (κ3) is 1.79. The number of hydrogen-bond donors (Lipinski definition) is 1. The third-order valence-corrected chi connectivity index (χ3v) is 2.91. The van der Waals surface area contributed by atoms with Crippen molar-refractivity contribution in [1.82, 2.24) is 4.98 Å². The largest absolute Gasteiger partial charge is 0.478 e. The summed E-state index contributed by atoms with van der Waals surface area (Å²) in [5.41, 5.74) is 0.579. The molecule has 0 amide bonds. The van der Waals surface area contributed by atoms with Crippen LogP contribution in [0.2, 0.25) is 0 Å². The molecule has 0 spiro atoms. The first-order chi connectivity index (χ1) is 9.06. The van der Waals surface area contributed by atoms with Crippen LogP contribution in [0, 0.1) is 11.6 Å². The van der Waals surface area contributed by atoms with Crippen molar-refractivity contribution in [1.29, 1.82) is 0 Å². The van der Waals surface area contributed by atoms with Crippen LogP contribution in [0.1, 0.15) is 10.4 Å². The fourth-order valence-corrected chi connectivity index (χ4v) is 2.12. The molecular weight excluding hydrogens is 252 g/mol. The molecule has 3 rings (SSSR count). The van der Waals surface area contributed by atoms with Gasteiger partial charge < -0.3 is 5.11 Å². The van der Waals surface area contributed by atoms with Gasteiger partial charge in [-0.3, -0.25) is 0 Å². The highest BCUT2D eigenvalue weighted by Gasteiger charge is 2.16. The molecule has 3 aromatic rings. The quantitative estimate of drug-likeness (QED) is 0.682. The van der Waals surface area contributed by atoms with E-state index in [1.807, 2.05) is 0 Å². The Morgan fingerprint density at radius 1 is 0.947 bits per heavy atom. The van der Waals surface area contributed by atoms with E-state index in [1.54, 1.807) is 0 Å². The number of fused-ring (bicyclic) bond motifs is 2. The third-order valence-electron chi connectivity index (χ3n) is 2.91.